The first-order valence-electron chi connectivity index (χ1n) is 14.5. The van der Waals surface area contributed by atoms with Crippen molar-refractivity contribution in [2.75, 3.05) is 33.0 Å². The van der Waals surface area contributed by atoms with Gasteiger partial charge in [-0.05, 0) is 41.8 Å². The molecule has 2 aliphatic heterocycles. The predicted octanol–water partition coefficient (Wildman–Crippen LogP) is 6.36. The molecule has 7 nitrogen and oxygen atoms in total. The zero-order chi connectivity index (χ0) is 30.7. The van der Waals surface area contributed by atoms with Crippen LogP contribution >= 0.6 is 11.3 Å². The Hall–Kier alpha value is -3.93. The van der Waals surface area contributed by atoms with E-state index >= 15 is 0 Å². The third kappa shape index (κ3) is 7.40. The van der Waals surface area contributed by atoms with Crippen molar-refractivity contribution >= 4 is 17.2 Å². The summed E-state index contributed by atoms with van der Waals surface area (Å²) in [5.41, 5.74) is 3.63. The molecule has 3 aromatic carbocycles. The average Bonchev–Trinajstić information content (AvgIpc) is 3.68. The van der Waals surface area contributed by atoms with Crippen LogP contribution in [0.1, 0.15) is 43.3 Å². The molecule has 230 valence electrons. The highest BCUT2D eigenvalue weighted by molar-refractivity contribution is 7.09. The van der Waals surface area contributed by atoms with E-state index in [9.17, 15) is 18.0 Å². The summed E-state index contributed by atoms with van der Waals surface area (Å²) in [6.07, 6.45) is -4.40. The normalized spacial score (nSPS) is 15.2. The molecule has 0 spiro atoms. The van der Waals surface area contributed by atoms with Gasteiger partial charge >= 0.3 is 6.18 Å². The second kappa shape index (κ2) is 13.0. The molecule has 4 aromatic rings. The van der Waals surface area contributed by atoms with Crippen molar-refractivity contribution in [1.82, 2.24) is 19.7 Å². The van der Waals surface area contributed by atoms with E-state index in [1.165, 1.54) is 23.5 Å². The van der Waals surface area contributed by atoms with Gasteiger partial charge in [-0.2, -0.15) is 13.2 Å². The van der Waals surface area contributed by atoms with E-state index in [1.54, 1.807) is 11.4 Å². The molecule has 0 saturated carbocycles. The Balaban J connectivity index is 1.08. The van der Waals surface area contributed by atoms with E-state index in [0.717, 1.165) is 58.9 Å². The summed E-state index contributed by atoms with van der Waals surface area (Å²) in [5.74, 6) is 1.43. The van der Waals surface area contributed by atoms with Gasteiger partial charge in [-0.15, -0.1) is 11.3 Å². The second-order valence-corrected chi connectivity index (χ2v) is 12.2. The highest BCUT2D eigenvalue weighted by atomic mass is 32.1. The van der Waals surface area contributed by atoms with Gasteiger partial charge in [0.1, 0.15) is 10.7 Å². The molecule has 1 amide bonds. The number of aromatic nitrogens is 1. The number of carbonyl (C=O) groups is 1. The molecule has 44 heavy (non-hydrogen) atoms. The third-order valence-corrected chi connectivity index (χ3v) is 8.65. The summed E-state index contributed by atoms with van der Waals surface area (Å²) in [5, 5.41) is 2.53. The topological polar surface area (TPSA) is 58.1 Å². The van der Waals surface area contributed by atoms with Crippen LogP contribution in [0.15, 0.2) is 72.1 Å². The van der Waals surface area contributed by atoms with Gasteiger partial charge in [0.25, 0.3) is 5.91 Å². The fourth-order valence-electron chi connectivity index (χ4n) is 5.47. The van der Waals surface area contributed by atoms with E-state index in [2.05, 4.69) is 14.8 Å². The van der Waals surface area contributed by atoms with Gasteiger partial charge < -0.3 is 14.4 Å². The largest absolute Gasteiger partial charge is 0.454 e. The summed E-state index contributed by atoms with van der Waals surface area (Å²) in [6, 6.07) is 19.5. The molecule has 1 fully saturated rings. The Morgan fingerprint density at radius 3 is 2.39 bits per heavy atom. The number of piperazine rings is 1. The SMILES string of the molecule is Cc1ccc(CN(Cc2cccc(C(F)(F)F)c2)Cc2nc(C(=O)N3CCN(Cc4ccc5c(c4)OCO5)CC3)cs2)cc1. The molecule has 1 saturated heterocycles. The Morgan fingerprint density at radius 2 is 1.61 bits per heavy atom. The monoisotopic (exact) mass is 622 g/mol. The first-order chi connectivity index (χ1) is 21.2. The van der Waals surface area contributed by atoms with E-state index in [-0.39, 0.29) is 12.7 Å². The molecule has 2 aliphatic rings. The lowest BCUT2D eigenvalue weighted by Crippen LogP contribution is -2.48. The van der Waals surface area contributed by atoms with Crippen molar-refractivity contribution in [3.8, 4) is 11.5 Å². The number of hydrogen-bond donors (Lipinski definition) is 0. The maximum absolute atomic E-state index is 13.4. The maximum atomic E-state index is 13.4. The predicted molar refractivity (Wildman–Crippen MR) is 161 cm³/mol. The Bertz CT molecular complexity index is 1600. The highest BCUT2D eigenvalue weighted by Crippen LogP contribution is 2.33. The zero-order valence-electron chi connectivity index (χ0n) is 24.3. The molecule has 0 aliphatic carbocycles. The van der Waals surface area contributed by atoms with Crippen LogP contribution in [-0.4, -0.2) is 58.6 Å². The quantitative estimate of drug-likeness (QED) is 0.217. The van der Waals surface area contributed by atoms with Gasteiger partial charge in [0.15, 0.2) is 11.5 Å². The van der Waals surface area contributed by atoms with Crippen LogP contribution in [0.25, 0.3) is 0 Å². The number of halogens is 3. The zero-order valence-corrected chi connectivity index (χ0v) is 25.2. The van der Waals surface area contributed by atoms with E-state index in [0.29, 0.717) is 44.0 Å². The van der Waals surface area contributed by atoms with Gasteiger partial charge in [0.2, 0.25) is 6.79 Å². The molecule has 0 bridgehead atoms. The van der Waals surface area contributed by atoms with E-state index < -0.39 is 11.7 Å². The van der Waals surface area contributed by atoms with Crippen molar-refractivity contribution in [2.24, 2.45) is 0 Å². The molecule has 11 heteroatoms. The van der Waals surface area contributed by atoms with Gasteiger partial charge in [-0.3, -0.25) is 14.6 Å². The molecule has 0 radical (unpaired) electrons. The fourth-order valence-corrected chi connectivity index (χ4v) is 6.27. The summed E-state index contributed by atoms with van der Waals surface area (Å²) < 4.78 is 51.0. The molecule has 0 N–H and O–H groups in total. The number of nitrogens with zero attached hydrogens (tertiary/aromatic N) is 4. The molecule has 3 heterocycles. The van der Waals surface area contributed by atoms with Crippen LogP contribution in [0.3, 0.4) is 0 Å². The minimum atomic E-state index is -4.40. The number of amides is 1. The van der Waals surface area contributed by atoms with Crippen LogP contribution in [0, 0.1) is 6.92 Å². The van der Waals surface area contributed by atoms with Crippen molar-refractivity contribution in [2.45, 2.75) is 39.3 Å². The third-order valence-electron chi connectivity index (χ3n) is 7.82. The Kier molecular flexibility index (Phi) is 8.88. The smallest absolute Gasteiger partial charge is 0.416 e. The van der Waals surface area contributed by atoms with Crippen LogP contribution in [0.2, 0.25) is 0 Å². The average molecular weight is 623 g/mol. The van der Waals surface area contributed by atoms with Gasteiger partial charge in [0.05, 0.1) is 12.1 Å². The number of benzene rings is 3. The Labute approximate surface area is 258 Å². The number of alkyl halides is 3. The van der Waals surface area contributed by atoms with Crippen LogP contribution in [0.4, 0.5) is 13.2 Å². The second-order valence-electron chi connectivity index (χ2n) is 11.2. The number of ether oxygens (including phenoxy) is 2. The van der Waals surface area contributed by atoms with E-state index in [4.69, 9.17) is 9.47 Å². The van der Waals surface area contributed by atoms with Gasteiger partial charge in [-0.1, -0.05) is 54.1 Å². The number of fused-ring (bicyclic) bond motifs is 1. The number of rotatable bonds is 9. The van der Waals surface area contributed by atoms with Crippen molar-refractivity contribution < 1.29 is 27.4 Å². The standard InChI is InChI=1S/C33H33F3N4O3S/c1-23-5-7-24(8-6-23)17-39(19-25-3-2-4-27(15-25)33(34,35)36)20-31-37-28(21-44-31)32(41)40-13-11-38(12-14-40)18-26-9-10-29-30(16-26)43-22-42-29/h2-10,15-16,21H,11-14,17-20,22H2,1H3. The molecule has 6 rings (SSSR count). The number of hydrogen-bond acceptors (Lipinski definition) is 7. The highest BCUT2D eigenvalue weighted by Gasteiger charge is 2.30. The lowest BCUT2D eigenvalue weighted by atomic mass is 10.1. The minimum Gasteiger partial charge on any atom is -0.454 e. The van der Waals surface area contributed by atoms with Crippen LogP contribution in [0.5, 0.6) is 11.5 Å². The minimum absolute atomic E-state index is 0.0989. The van der Waals surface area contributed by atoms with Crippen LogP contribution < -0.4 is 9.47 Å². The molecular formula is C33H33F3N4O3S. The molecular weight excluding hydrogens is 589 g/mol. The Morgan fingerprint density at radius 1 is 0.886 bits per heavy atom. The molecule has 0 atom stereocenters. The first-order valence-corrected chi connectivity index (χ1v) is 15.4. The van der Waals surface area contributed by atoms with Crippen molar-refractivity contribution in [3.05, 3.63) is 111 Å². The summed E-state index contributed by atoms with van der Waals surface area (Å²) in [4.78, 5) is 24.2. The maximum Gasteiger partial charge on any atom is 0.416 e. The summed E-state index contributed by atoms with van der Waals surface area (Å²) in [6.45, 7) is 6.98. The lowest BCUT2D eigenvalue weighted by Gasteiger charge is -2.34. The molecule has 0 unspecified atom stereocenters. The first kappa shape index (κ1) is 30.1. The fraction of sp³-hybridized carbons (Fsp3) is 0.333. The van der Waals surface area contributed by atoms with Gasteiger partial charge in [-0.25, -0.2) is 4.98 Å². The van der Waals surface area contributed by atoms with Crippen LogP contribution in [-0.2, 0) is 32.4 Å². The van der Waals surface area contributed by atoms with Gasteiger partial charge in [0, 0.05) is 51.2 Å². The summed E-state index contributed by atoms with van der Waals surface area (Å²) >= 11 is 1.40. The summed E-state index contributed by atoms with van der Waals surface area (Å²) in [7, 11) is 0. The van der Waals surface area contributed by atoms with Crippen molar-refractivity contribution in [1.29, 1.82) is 0 Å². The van der Waals surface area contributed by atoms with E-state index in [1.807, 2.05) is 54.3 Å². The molecule has 1 aromatic heterocycles. The number of thiazole rings is 1. The lowest BCUT2D eigenvalue weighted by molar-refractivity contribution is -0.137. The number of carbonyl (C=O) groups excluding carboxylic acids is 1. The number of aryl methyl sites for hydroxylation is 1. The van der Waals surface area contributed by atoms with Crippen molar-refractivity contribution in [3.63, 3.8) is 0 Å².